The third kappa shape index (κ3) is 8.89. The van der Waals surface area contributed by atoms with E-state index in [2.05, 4.69) is 25.7 Å². The number of benzene rings is 3. The number of alkyl halides is 3. The first kappa shape index (κ1) is 31.7. The summed E-state index contributed by atoms with van der Waals surface area (Å²) in [5.74, 6) is -0.0132. The zero-order chi connectivity index (χ0) is 31.6. The van der Waals surface area contributed by atoms with E-state index in [1.165, 1.54) is 12.1 Å². The number of para-hydroxylation sites is 1. The van der Waals surface area contributed by atoms with Crippen molar-refractivity contribution >= 4 is 11.8 Å². The van der Waals surface area contributed by atoms with Crippen LogP contribution in [0, 0.1) is 0 Å². The molecule has 0 radical (unpaired) electrons. The third-order valence-electron chi connectivity index (χ3n) is 7.23. The predicted molar refractivity (Wildman–Crippen MR) is 158 cm³/mol. The Hall–Kier alpha value is -4.75. The molecule has 4 aromatic rings. The minimum atomic E-state index is -4.40. The van der Waals surface area contributed by atoms with Crippen LogP contribution in [0.2, 0.25) is 0 Å². The lowest BCUT2D eigenvalue weighted by Gasteiger charge is -2.34. The lowest BCUT2D eigenvalue weighted by molar-refractivity contribution is -0.137. The minimum absolute atomic E-state index is 0.0939. The molecule has 0 saturated carbocycles. The average Bonchev–Trinajstić information content (AvgIpc) is 3.54. The Balaban J connectivity index is 1.08. The SMILES string of the molecule is O=C(NCCc1nc(C(=O)NCC(COc2ccccc2)N2CCOCC2)no1)c1ccc(-c2ccc(C(F)(F)F)cc2)cc1. The van der Waals surface area contributed by atoms with Crippen LogP contribution >= 0.6 is 0 Å². The second kappa shape index (κ2) is 14.8. The van der Waals surface area contributed by atoms with Crippen LogP contribution < -0.4 is 15.4 Å². The fourth-order valence-electron chi connectivity index (χ4n) is 4.73. The van der Waals surface area contributed by atoms with Gasteiger partial charge in [0.2, 0.25) is 5.89 Å². The number of rotatable bonds is 12. The highest BCUT2D eigenvalue weighted by Crippen LogP contribution is 2.31. The second-order valence-corrected chi connectivity index (χ2v) is 10.3. The Kier molecular flexibility index (Phi) is 10.4. The molecular weight excluding hydrogens is 591 g/mol. The summed E-state index contributed by atoms with van der Waals surface area (Å²) in [4.78, 5) is 31.7. The molecule has 1 fully saturated rings. The number of carbonyl (C=O) groups excluding carboxylic acids is 2. The molecule has 1 aromatic heterocycles. The lowest BCUT2D eigenvalue weighted by atomic mass is 10.0. The van der Waals surface area contributed by atoms with Gasteiger partial charge in [0.1, 0.15) is 12.4 Å². The second-order valence-electron chi connectivity index (χ2n) is 10.3. The van der Waals surface area contributed by atoms with E-state index in [4.69, 9.17) is 14.0 Å². The maximum atomic E-state index is 12.8. The van der Waals surface area contributed by atoms with Gasteiger partial charge in [-0.2, -0.15) is 18.2 Å². The number of amides is 2. The topological polar surface area (TPSA) is 119 Å². The molecule has 2 heterocycles. The molecule has 236 valence electrons. The van der Waals surface area contributed by atoms with Gasteiger partial charge in [0.15, 0.2) is 0 Å². The van der Waals surface area contributed by atoms with Crippen molar-refractivity contribution in [3.8, 4) is 16.9 Å². The summed E-state index contributed by atoms with van der Waals surface area (Å²) in [5, 5.41) is 9.39. The molecule has 1 aliphatic heterocycles. The molecule has 10 nitrogen and oxygen atoms in total. The maximum Gasteiger partial charge on any atom is 0.416 e. The summed E-state index contributed by atoms with van der Waals surface area (Å²) < 4.78 is 55.0. The van der Waals surface area contributed by atoms with Crippen molar-refractivity contribution < 1.29 is 36.8 Å². The van der Waals surface area contributed by atoms with E-state index in [1.54, 1.807) is 24.3 Å². The van der Waals surface area contributed by atoms with Crippen molar-refractivity contribution in [2.75, 3.05) is 46.0 Å². The van der Waals surface area contributed by atoms with Crippen molar-refractivity contribution in [2.24, 2.45) is 0 Å². The average molecular weight is 624 g/mol. The zero-order valence-corrected chi connectivity index (χ0v) is 24.3. The number of hydrogen-bond donors (Lipinski definition) is 2. The Morgan fingerprint density at radius 1 is 0.889 bits per heavy atom. The summed E-state index contributed by atoms with van der Waals surface area (Å²) in [5.41, 5.74) is 0.931. The van der Waals surface area contributed by atoms with Crippen molar-refractivity contribution in [2.45, 2.75) is 18.6 Å². The van der Waals surface area contributed by atoms with Crippen LogP contribution in [0.15, 0.2) is 83.4 Å². The molecule has 1 atom stereocenters. The Morgan fingerprint density at radius 3 is 2.22 bits per heavy atom. The van der Waals surface area contributed by atoms with Gasteiger partial charge in [0, 0.05) is 38.2 Å². The monoisotopic (exact) mass is 623 g/mol. The minimum Gasteiger partial charge on any atom is -0.492 e. The van der Waals surface area contributed by atoms with Gasteiger partial charge in [0.25, 0.3) is 17.6 Å². The first-order valence-electron chi connectivity index (χ1n) is 14.4. The van der Waals surface area contributed by atoms with Crippen LogP contribution in [0.5, 0.6) is 5.75 Å². The van der Waals surface area contributed by atoms with Crippen LogP contribution in [-0.4, -0.2) is 78.9 Å². The summed E-state index contributed by atoms with van der Waals surface area (Å²) in [7, 11) is 0. The zero-order valence-electron chi connectivity index (χ0n) is 24.3. The summed E-state index contributed by atoms with van der Waals surface area (Å²) >= 11 is 0. The first-order valence-corrected chi connectivity index (χ1v) is 14.4. The normalized spacial score (nSPS) is 14.5. The number of nitrogens with one attached hydrogen (secondary N) is 2. The molecule has 13 heteroatoms. The van der Waals surface area contributed by atoms with Crippen LogP contribution in [-0.2, 0) is 17.3 Å². The molecule has 2 N–H and O–H groups in total. The summed E-state index contributed by atoms with van der Waals surface area (Å²) in [6.07, 6.45) is -4.20. The molecule has 0 aliphatic carbocycles. The smallest absolute Gasteiger partial charge is 0.416 e. The van der Waals surface area contributed by atoms with Gasteiger partial charge in [-0.25, -0.2) is 0 Å². The number of aromatic nitrogens is 2. The standard InChI is InChI=1S/C32H32F3N5O5/c33-32(34,35)25-12-10-23(11-13-25)22-6-8-24(9-7-22)30(41)36-15-14-28-38-29(39-45-28)31(42)37-20-26(40-16-18-43-19-17-40)21-44-27-4-2-1-3-5-27/h1-13,26H,14-21H2,(H,36,41)(H,37,42). The molecule has 1 unspecified atom stereocenters. The van der Waals surface area contributed by atoms with E-state index in [9.17, 15) is 22.8 Å². The van der Waals surface area contributed by atoms with Crippen molar-refractivity contribution in [1.82, 2.24) is 25.7 Å². The van der Waals surface area contributed by atoms with Gasteiger partial charge in [-0.1, -0.05) is 47.6 Å². The molecule has 5 rings (SSSR count). The van der Waals surface area contributed by atoms with Crippen LogP contribution in [0.1, 0.15) is 32.4 Å². The number of ether oxygens (including phenoxy) is 2. The summed E-state index contributed by atoms with van der Waals surface area (Å²) in [6, 6.07) is 20.7. The van der Waals surface area contributed by atoms with E-state index in [-0.39, 0.29) is 36.6 Å². The van der Waals surface area contributed by atoms with Gasteiger partial charge in [-0.3, -0.25) is 14.5 Å². The van der Waals surface area contributed by atoms with Gasteiger partial charge < -0.3 is 24.6 Å². The van der Waals surface area contributed by atoms with E-state index < -0.39 is 17.6 Å². The fraction of sp³-hybridized carbons (Fsp3) is 0.312. The molecule has 1 saturated heterocycles. The number of nitrogens with zero attached hydrogens (tertiary/aromatic N) is 3. The highest BCUT2D eigenvalue weighted by Gasteiger charge is 2.30. The number of morpholine rings is 1. The summed E-state index contributed by atoms with van der Waals surface area (Å²) in [6.45, 7) is 3.52. The molecule has 45 heavy (non-hydrogen) atoms. The van der Waals surface area contributed by atoms with E-state index in [0.29, 0.717) is 43.1 Å². The lowest BCUT2D eigenvalue weighted by Crippen LogP contribution is -2.51. The van der Waals surface area contributed by atoms with E-state index >= 15 is 0 Å². The van der Waals surface area contributed by atoms with Crippen molar-refractivity contribution in [1.29, 1.82) is 0 Å². The Morgan fingerprint density at radius 2 is 1.56 bits per heavy atom. The predicted octanol–water partition coefficient (Wildman–Crippen LogP) is 4.24. The molecule has 0 spiro atoms. The highest BCUT2D eigenvalue weighted by atomic mass is 19.4. The number of carbonyl (C=O) groups is 2. The van der Waals surface area contributed by atoms with Crippen molar-refractivity contribution in [3.05, 3.63) is 102 Å². The van der Waals surface area contributed by atoms with Crippen LogP contribution in [0.25, 0.3) is 11.1 Å². The molecule has 1 aliphatic rings. The van der Waals surface area contributed by atoms with Gasteiger partial charge in [-0.15, -0.1) is 0 Å². The Bertz CT molecular complexity index is 1540. The van der Waals surface area contributed by atoms with Gasteiger partial charge >= 0.3 is 6.18 Å². The third-order valence-corrected chi connectivity index (χ3v) is 7.23. The number of halogens is 3. The van der Waals surface area contributed by atoms with Crippen LogP contribution in [0.3, 0.4) is 0 Å². The molecule has 3 aromatic carbocycles. The fourth-order valence-corrected chi connectivity index (χ4v) is 4.73. The molecular formula is C32H32F3N5O5. The van der Waals surface area contributed by atoms with E-state index in [1.807, 2.05) is 30.3 Å². The van der Waals surface area contributed by atoms with E-state index in [0.717, 1.165) is 31.0 Å². The number of hydrogen-bond acceptors (Lipinski definition) is 8. The maximum absolute atomic E-state index is 12.8. The highest BCUT2D eigenvalue weighted by molar-refractivity contribution is 5.94. The van der Waals surface area contributed by atoms with Crippen molar-refractivity contribution in [3.63, 3.8) is 0 Å². The largest absolute Gasteiger partial charge is 0.492 e. The van der Waals surface area contributed by atoms with Gasteiger partial charge in [-0.05, 0) is 47.5 Å². The Labute approximate surface area is 257 Å². The van der Waals surface area contributed by atoms with Gasteiger partial charge in [0.05, 0.1) is 24.8 Å². The molecule has 0 bridgehead atoms. The molecule has 2 amide bonds. The quantitative estimate of drug-likeness (QED) is 0.241. The first-order chi connectivity index (χ1) is 21.8. The van der Waals surface area contributed by atoms with Crippen LogP contribution in [0.4, 0.5) is 13.2 Å².